The Morgan fingerprint density at radius 1 is 1.50 bits per heavy atom. The number of amidine groups is 1. The van der Waals surface area contributed by atoms with Gasteiger partial charge in [-0.1, -0.05) is 34.8 Å². The predicted molar refractivity (Wildman–Crippen MR) is 56.5 cm³/mol. The van der Waals surface area contributed by atoms with Crippen LogP contribution in [0.4, 0.5) is 5.69 Å². The summed E-state index contributed by atoms with van der Waals surface area (Å²) < 4.78 is 0. The van der Waals surface area contributed by atoms with E-state index in [0.717, 1.165) is 11.8 Å². The first-order valence-corrected chi connectivity index (χ1v) is 4.85. The van der Waals surface area contributed by atoms with E-state index in [9.17, 15) is 5.21 Å². The van der Waals surface area contributed by atoms with Crippen LogP contribution in [0.25, 0.3) is 0 Å². The quantitative estimate of drug-likeness (QED) is 0.262. The molecule has 5 nitrogen and oxygen atoms in total. The largest absolute Gasteiger partial charge is 0.594 e. The lowest BCUT2D eigenvalue weighted by atomic mass is 10.3. The molecule has 0 fully saturated rings. The molecular weight excluding hydrogens is 200 g/mol. The van der Waals surface area contributed by atoms with E-state index in [0.29, 0.717) is 10.5 Å². The van der Waals surface area contributed by atoms with E-state index in [1.807, 2.05) is 6.07 Å². The van der Waals surface area contributed by atoms with E-state index >= 15 is 0 Å². The lowest BCUT2D eigenvalue weighted by Gasteiger charge is -1.98. The fourth-order valence-electron chi connectivity index (χ4n) is 0.788. The van der Waals surface area contributed by atoms with E-state index in [4.69, 9.17) is 11.1 Å². The molecule has 0 atom stereocenters. The van der Waals surface area contributed by atoms with Gasteiger partial charge in [0, 0.05) is 12.1 Å². The molecular formula is C8H10N4OS. The molecule has 0 heterocycles. The topological polar surface area (TPSA) is 88.3 Å². The van der Waals surface area contributed by atoms with Crippen molar-refractivity contribution in [2.24, 2.45) is 10.8 Å². The van der Waals surface area contributed by atoms with Crippen LogP contribution in [0, 0.1) is 10.6 Å². The summed E-state index contributed by atoms with van der Waals surface area (Å²) in [6.07, 6.45) is 0. The molecule has 0 amide bonds. The van der Waals surface area contributed by atoms with Gasteiger partial charge in [0.1, 0.15) is 0 Å². The van der Waals surface area contributed by atoms with Crippen LogP contribution in [0.15, 0.2) is 35.4 Å². The Hall–Kier alpha value is -1.56. The maximum absolute atomic E-state index is 11.3. The molecule has 14 heavy (non-hydrogen) atoms. The standard InChI is InChI=1S/C8H10N4OS/c9-8(10)14-6-11-12(13)7-4-2-1-3-5-7/h1-5H,6H2,(H3,9,10). The predicted octanol–water partition coefficient (Wildman–Crippen LogP) is 1.86. The molecule has 0 aliphatic rings. The Balaban J connectivity index is 2.57. The highest BCUT2D eigenvalue weighted by Gasteiger charge is 2.00. The molecule has 0 unspecified atom stereocenters. The van der Waals surface area contributed by atoms with E-state index in [1.165, 1.54) is 0 Å². The molecule has 0 radical (unpaired) electrons. The smallest absolute Gasteiger partial charge is 0.244 e. The maximum atomic E-state index is 11.3. The second-order valence-corrected chi connectivity index (χ2v) is 3.37. The van der Waals surface area contributed by atoms with Crippen molar-refractivity contribution in [2.75, 3.05) is 5.88 Å². The number of hydrogen-bond acceptors (Lipinski definition) is 4. The van der Waals surface area contributed by atoms with Crippen molar-refractivity contribution in [1.29, 1.82) is 5.41 Å². The van der Waals surface area contributed by atoms with Gasteiger partial charge in [0.2, 0.25) is 5.69 Å². The molecule has 0 bridgehead atoms. The first-order chi connectivity index (χ1) is 6.70. The lowest BCUT2D eigenvalue weighted by molar-refractivity contribution is -0.440. The Kier molecular flexibility index (Phi) is 3.93. The van der Waals surface area contributed by atoms with Gasteiger partial charge >= 0.3 is 0 Å². The van der Waals surface area contributed by atoms with Gasteiger partial charge in [0.25, 0.3) is 0 Å². The summed E-state index contributed by atoms with van der Waals surface area (Å²) in [6, 6.07) is 8.66. The number of para-hydroxylation sites is 1. The lowest BCUT2D eigenvalue weighted by Crippen LogP contribution is -2.04. The molecule has 1 rings (SSSR count). The normalized spacial score (nSPS) is 11.3. The van der Waals surface area contributed by atoms with Gasteiger partial charge in [-0.2, -0.15) is 0 Å². The Morgan fingerprint density at radius 2 is 2.14 bits per heavy atom. The number of nitrogens with zero attached hydrogens (tertiary/aromatic N) is 2. The first kappa shape index (κ1) is 10.5. The highest BCUT2D eigenvalue weighted by molar-refractivity contribution is 8.13. The van der Waals surface area contributed by atoms with Crippen LogP contribution in [-0.4, -0.2) is 15.9 Å². The number of azo groups is 1. The number of thioether (sulfide) groups is 1. The number of hydrogen-bond donors (Lipinski definition) is 2. The van der Waals surface area contributed by atoms with Crippen molar-refractivity contribution >= 4 is 22.6 Å². The van der Waals surface area contributed by atoms with Gasteiger partial charge in [-0.05, 0) is 5.11 Å². The molecule has 0 spiro atoms. The van der Waals surface area contributed by atoms with Gasteiger partial charge in [0.15, 0.2) is 11.0 Å². The average molecular weight is 210 g/mol. The zero-order valence-corrected chi connectivity index (χ0v) is 8.20. The molecule has 74 valence electrons. The average Bonchev–Trinajstić information content (AvgIpc) is 2.18. The summed E-state index contributed by atoms with van der Waals surface area (Å²) in [6.45, 7) is 0. The number of nitrogens with two attached hydrogens (primary N) is 1. The van der Waals surface area contributed by atoms with Gasteiger partial charge in [-0.25, -0.2) is 0 Å². The van der Waals surface area contributed by atoms with Gasteiger partial charge in [-0.3, -0.25) is 5.41 Å². The highest BCUT2D eigenvalue weighted by atomic mass is 32.2. The van der Waals surface area contributed by atoms with Crippen LogP contribution < -0.4 is 5.73 Å². The SMILES string of the molecule is N=C(N)SCN=[N+]([O-])c1ccccc1. The summed E-state index contributed by atoms with van der Waals surface area (Å²) in [4.78, 5) is 0.524. The van der Waals surface area contributed by atoms with Crippen molar-refractivity contribution in [2.45, 2.75) is 0 Å². The Labute approximate surface area is 85.7 Å². The molecule has 0 aromatic heterocycles. The molecule has 1 aromatic rings. The second kappa shape index (κ2) is 5.23. The molecule has 0 saturated heterocycles. The van der Waals surface area contributed by atoms with E-state index in [1.54, 1.807) is 24.3 Å². The maximum Gasteiger partial charge on any atom is 0.244 e. The summed E-state index contributed by atoms with van der Waals surface area (Å²) >= 11 is 1.01. The zero-order valence-electron chi connectivity index (χ0n) is 7.38. The molecule has 0 saturated carbocycles. The van der Waals surface area contributed by atoms with E-state index in [-0.39, 0.29) is 11.0 Å². The molecule has 0 aliphatic carbocycles. The van der Waals surface area contributed by atoms with Crippen LogP contribution in [0.5, 0.6) is 0 Å². The minimum atomic E-state index is -0.0461. The van der Waals surface area contributed by atoms with Crippen LogP contribution in [0.1, 0.15) is 0 Å². The Bertz CT molecular complexity index is 338. The minimum absolute atomic E-state index is 0.0461. The number of nitrogens with one attached hydrogen (secondary N) is 1. The van der Waals surface area contributed by atoms with Gasteiger partial charge in [-0.15, -0.1) is 0 Å². The van der Waals surface area contributed by atoms with E-state index in [2.05, 4.69) is 5.11 Å². The third-order valence-electron chi connectivity index (χ3n) is 1.38. The summed E-state index contributed by atoms with van der Waals surface area (Å²) in [5.74, 6) is 0.160. The van der Waals surface area contributed by atoms with Crippen LogP contribution in [-0.2, 0) is 0 Å². The van der Waals surface area contributed by atoms with Crippen LogP contribution >= 0.6 is 11.8 Å². The van der Waals surface area contributed by atoms with Crippen molar-refractivity contribution in [3.8, 4) is 0 Å². The van der Waals surface area contributed by atoms with Crippen molar-refractivity contribution < 1.29 is 4.86 Å². The molecule has 0 aliphatic heterocycles. The number of benzene rings is 1. The monoisotopic (exact) mass is 210 g/mol. The second-order valence-electron chi connectivity index (χ2n) is 2.39. The van der Waals surface area contributed by atoms with Crippen molar-refractivity contribution in [3.63, 3.8) is 0 Å². The summed E-state index contributed by atoms with van der Waals surface area (Å²) in [5.41, 5.74) is 5.55. The summed E-state index contributed by atoms with van der Waals surface area (Å²) in [7, 11) is 0. The van der Waals surface area contributed by atoms with E-state index < -0.39 is 0 Å². The zero-order chi connectivity index (χ0) is 10.4. The fraction of sp³-hybridized carbons (Fsp3) is 0.125. The first-order valence-electron chi connectivity index (χ1n) is 3.86. The van der Waals surface area contributed by atoms with Crippen molar-refractivity contribution in [1.82, 2.24) is 0 Å². The fourth-order valence-corrected chi connectivity index (χ4v) is 1.09. The third-order valence-corrected chi connectivity index (χ3v) is 1.94. The molecule has 3 N–H and O–H groups in total. The Morgan fingerprint density at radius 3 is 2.71 bits per heavy atom. The minimum Gasteiger partial charge on any atom is -0.594 e. The van der Waals surface area contributed by atoms with Gasteiger partial charge < -0.3 is 10.9 Å². The third kappa shape index (κ3) is 3.44. The molecule has 1 aromatic carbocycles. The van der Waals surface area contributed by atoms with Gasteiger partial charge in [0.05, 0.1) is 0 Å². The summed E-state index contributed by atoms with van der Waals surface area (Å²) in [5, 5.41) is 21.8. The molecule has 6 heteroatoms. The highest BCUT2D eigenvalue weighted by Crippen LogP contribution is 2.10. The van der Waals surface area contributed by atoms with Crippen LogP contribution in [0.2, 0.25) is 0 Å². The van der Waals surface area contributed by atoms with Crippen LogP contribution in [0.3, 0.4) is 0 Å². The van der Waals surface area contributed by atoms with Crippen molar-refractivity contribution in [3.05, 3.63) is 35.5 Å². The number of rotatable bonds is 3.